The first-order valence-corrected chi connectivity index (χ1v) is 8.85. The molecule has 0 saturated carbocycles. The van der Waals surface area contributed by atoms with Gasteiger partial charge in [-0.05, 0) is 42.5 Å². The van der Waals surface area contributed by atoms with Crippen LogP contribution in [0.25, 0.3) is 0 Å². The van der Waals surface area contributed by atoms with Crippen molar-refractivity contribution in [1.29, 1.82) is 0 Å². The molecule has 1 heterocycles. The minimum Gasteiger partial charge on any atom is -0.312 e. The van der Waals surface area contributed by atoms with Crippen LogP contribution in [0.4, 0.5) is 11.4 Å². The van der Waals surface area contributed by atoms with Crippen molar-refractivity contribution in [3.8, 4) is 0 Å². The van der Waals surface area contributed by atoms with Crippen LogP contribution in [-0.4, -0.2) is 26.6 Å². The first-order valence-electron chi connectivity index (χ1n) is 7.20. The second kappa shape index (κ2) is 6.05. The number of amides is 1. The number of nitrogens with one attached hydrogen (secondary N) is 1. The van der Waals surface area contributed by atoms with Crippen LogP contribution in [0.15, 0.2) is 18.2 Å². The molecule has 0 spiro atoms. The van der Waals surface area contributed by atoms with Crippen LogP contribution in [0.5, 0.6) is 0 Å². The molecular formula is C15H22N2O3S. The Kier molecular flexibility index (Phi) is 4.56. The molecule has 2 rings (SSSR count). The highest BCUT2D eigenvalue weighted by atomic mass is 32.2. The number of carbonyl (C=O) groups is 1. The molecule has 21 heavy (non-hydrogen) atoms. The summed E-state index contributed by atoms with van der Waals surface area (Å²) in [5.41, 5.74) is 2.47. The lowest BCUT2D eigenvalue weighted by atomic mass is 10.0. The lowest BCUT2D eigenvalue weighted by molar-refractivity contribution is -0.116. The summed E-state index contributed by atoms with van der Waals surface area (Å²) in [5, 5.41) is 0. The number of benzene rings is 1. The Hall–Kier alpha value is -1.56. The maximum atomic E-state index is 12.0. The van der Waals surface area contributed by atoms with E-state index in [0.717, 1.165) is 30.6 Å². The third-order valence-corrected chi connectivity index (χ3v) is 5.06. The molecule has 0 atom stereocenters. The second-order valence-corrected chi connectivity index (χ2v) is 7.66. The number of sulfonamides is 1. The normalized spacial score (nSPS) is 15.0. The van der Waals surface area contributed by atoms with Crippen molar-refractivity contribution in [2.75, 3.05) is 21.9 Å². The van der Waals surface area contributed by atoms with Gasteiger partial charge in [-0.2, -0.15) is 0 Å². The monoisotopic (exact) mass is 310 g/mol. The van der Waals surface area contributed by atoms with E-state index < -0.39 is 10.0 Å². The molecule has 5 nitrogen and oxygen atoms in total. The number of carbonyl (C=O) groups excluding carboxylic acids is 1. The maximum absolute atomic E-state index is 12.0. The lowest BCUT2D eigenvalue weighted by Crippen LogP contribution is -2.33. The van der Waals surface area contributed by atoms with Gasteiger partial charge in [-0.1, -0.05) is 13.8 Å². The van der Waals surface area contributed by atoms with Crippen molar-refractivity contribution in [2.45, 2.75) is 33.6 Å². The van der Waals surface area contributed by atoms with Crippen molar-refractivity contribution < 1.29 is 13.2 Å². The molecule has 0 unspecified atom stereocenters. The van der Waals surface area contributed by atoms with E-state index in [2.05, 4.69) is 4.72 Å². The second-order valence-electron chi connectivity index (χ2n) is 5.90. The molecule has 0 aliphatic carbocycles. The number of fused-ring (bicyclic) bond motifs is 1. The first kappa shape index (κ1) is 15.8. The van der Waals surface area contributed by atoms with Gasteiger partial charge in [-0.15, -0.1) is 0 Å². The van der Waals surface area contributed by atoms with Crippen molar-refractivity contribution in [1.82, 2.24) is 0 Å². The van der Waals surface area contributed by atoms with Gasteiger partial charge >= 0.3 is 0 Å². The average Bonchev–Trinajstić information content (AvgIpc) is 2.35. The molecule has 0 aromatic heterocycles. The van der Waals surface area contributed by atoms with Crippen molar-refractivity contribution in [3.05, 3.63) is 23.8 Å². The molecular weight excluding hydrogens is 288 g/mol. The van der Waals surface area contributed by atoms with E-state index in [1.165, 1.54) is 0 Å². The Morgan fingerprint density at radius 3 is 2.71 bits per heavy atom. The van der Waals surface area contributed by atoms with Crippen LogP contribution in [0.1, 0.15) is 32.8 Å². The fraction of sp³-hybridized carbons (Fsp3) is 0.533. The van der Waals surface area contributed by atoms with Gasteiger partial charge in [-0.25, -0.2) is 8.42 Å². The Bertz CT molecular complexity index is 638. The van der Waals surface area contributed by atoms with Crippen molar-refractivity contribution >= 4 is 27.3 Å². The van der Waals surface area contributed by atoms with Gasteiger partial charge in [0.2, 0.25) is 15.9 Å². The summed E-state index contributed by atoms with van der Waals surface area (Å²) in [6.07, 6.45) is 1.76. The zero-order valence-corrected chi connectivity index (χ0v) is 13.5. The highest BCUT2D eigenvalue weighted by molar-refractivity contribution is 7.92. The SMILES string of the molecule is CC(=O)N1CCCc2cc(NS(=O)(=O)CC(C)C)ccc21. The van der Waals surface area contributed by atoms with E-state index in [9.17, 15) is 13.2 Å². The molecule has 0 radical (unpaired) electrons. The summed E-state index contributed by atoms with van der Waals surface area (Å²) >= 11 is 0. The van der Waals surface area contributed by atoms with Gasteiger partial charge in [0, 0.05) is 24.8 Å². The third-order valence-electron chi connectivity index (χ3n) is 3.40. The summed E-state index contributed by atoms with van der Waals surface area (Å²) in [5.74, 6) is 0.196. The van der Waals surface area contributed by atoms with Crippen molar-refractivity contribution in [3.63, 3.8) is 0 Å². The lowest BCUT2D eigenvalue weighted by Gasteiger charge is -2.29. The topological polar surface area (TPSA) is 66.5 Å². The van der Waals surface area contributed by atoms with E-state index in [-0.39, 0.29) is 17.6 Å². The van der Waals surface area contributed by atoms with Gasteiger partial charge in [0.05, 0.1) is 5.75 Å². The van der Waals surface area contributed by atoms with E-state index in [1.54, 1.807) is 17.9 Å². The fourth-order valence-electron chi connectivity index (χ4n) is 2.65. The van der Waals surface area contributed by atoms with Crippen LogP contribution in [0.3, 0.4) is 0 Å². The molecule has 1 aliphatic heterocycles. The zero-order chi connectivity index (χ0) is 15.6. The fourth-order valence-corrected chi connectivity index (χ4v) is 4.09. The molecule has 1 aliphatic rings. The minimum atomic E-state index is -3.32. The third kappa shape index (κ3) is 3.97. The van der Waals surface area contributed by atoms with Gasteiger partial charge < -0.3 is 4.90 Å². The van der Waals surface area contributed by atoms with Crippen molar-refractivity contribution in [2.24, 2.45) is 5.92 Å². The molecule has 1 N–H and O–H groups in total. The predicted molar refractivity (Wildman–Crippen MR) is 85.0 cm³/mol. The summed E-state index contributed by atoms with van der Waals surface area (Å²) in [6, 6.07) is 5.38. The number of anilines is 2. The number of rotatable bonds is 4. The number of hydrogen-bond donors (Lipinski definition) is 1. The van der Waals surface area contributed by atoms with Gasteiger partial charge in [-0.3, -0.25) is 9.52 Å². The Labute approximate surface area is 126 Å². The van der Waals surface area contributed by atoms with Crippen LogP contribution in [0.2, 0.25) is 0 Å². The molecule has 116 valence electrons. The van der Waals surface area contributed by atoms with Gasteiger partial charge in [0.25, 0.3) is 0 Å². The first-order chi connectivity index (χ1) is 9.78. The highest BCUT2D eigenvalue weighted by Gasteiger charge is 2.21. The Morgan fingerprint density at radius 2 is 2.10 bits per heavy atom. The van der Waals surface area contributed by atoms with E-state index in [1.807, 2.05) is 26.0 Å². The van der Waals surface area contributed by atoms with E-state index in [0.29, 0.717) is 5.69 Å². The standard InChI is InChI=1S/C15H22N2O3S/c1-11(2)10-21(19,20)16-14-6-7-15-13(9-14)5-4-8-17(15)12(3)18/h6-7,9,11,16H,4-5,8,10H2,1-3H3. The number of nitrogens with zero attached hydrogens (tertiary/aromatic N) is 1. The van der Waals surface area contributed by atoms with Crippen LogP contribution < -0.4 is 9.62 Å². The smallest absolute Gasteiger partial charge is 0.232 e. The quantitative estimate of drug-likeness (QED) is 0.928. The number of aryl methyl sites for hydroxylation is 1. The van der Waals surface area contributed by atoms with E-state index >= 15 is 0 Å². The molecule has 0 saturated heterocycles. The average molecular weight is 310 g/mol. The summed E-state index contributed by atoms with van der Waals surface area (Å²) in [6.45, 7) is 6.02. The largest absolute Gasteiger partial charge is 0.312 e. The van der Waals surface area contributed by atoms with Crippen LogP contribution >= 0.6 is 0 Å². The molecule has 1 amide bonds. The predicted octanol–water partition coefficient (Wildman–Crippen LogP) is 2.38. The molecule has 1 aromatic carbocycles. The van der Waals surface area contributed by atoms with Gasteiger partial charge in [0.15, 0.2) is 0 Å². The minimum absolute atomic E-state index is 0.0177. The molecule has 0 bridgehead atoms. The van der Waals surface area contributed by atoms with Crippen LogP contribution in [-0.2, 0) is 21.2 Å². The Morgan fingerprint density at radius 1 is 1.38 bits per heavy atom. The zero-order valence-electron chi connectivity index (χ0n) is 12.7. The van der Waals surface area contributed by atoms with E-state index in [4.69, 9.17) is 0 Å². The highest BCUT2D eigenvalue weighted by Crippen LogP contribution is 2.30. The molecule has 0 fully saturated rings. The maximum Gasteiger partial charge on any atom is 0.232 e. The Balaban J connectivity index is 2.24. The van der Waals surface area contributed by atoms with Crippen LogP contribution in [0, 0.1) is 5.92 Å². The summed E-state index contributed by atoms with van der Waals surface area (Å²) < 4.78 is 26.6. The molecule has 6 heteroatoms. The summed E-state index contributed by atoms with van der Waals surface area (Å²) in [4.78, 5) is 13.4. The summed E-state index contributed by atoms with van der Waals surface area (Å²) in [7, 11) is -3.32. The number of hydrogen-bond acceptors (Lipinski definition) is 3. The molecule has 1 aromatic rings. The van der Waals surface area contributed by atoms with Gasteiger partial charge in [0.1, 0.15) is 0 Å².